The molecule has 3 aromatic rings. The number of benzene rings is 1. The molecule has 2 aromatic heterocycles. The molecule has 2 unspecified atom stereocenters. The zero-order valence-electron chi connectivity index (χ0n) is 15.9. The summed E-state index contributed by atoms with van der Waals surface area (Å²) in [5.74, 6) is -4.30. The third-order valence-corrected chi connectivity index (χ3v) is 4.71. The number of aromatic amines is 1. The van der Waals surface area contributed by atoms with Crippen LogP contribution in [0.15, 0.2) is 36.5 Å². The Labute approximate surface area is 169 Å². The van der Waals surface area contributed by atoms with E-state index in [0.29, 0.717) is 19.1 Å². The van der Waals surface area contributed by atoms with Crippen LogP contribution < -0.4 is 0 Å². The number of nitrogens with zero attached hydrogens (tertiary/aromatic N) is 4. The van der Waals surface area contributed by atoms with Gasteiger partial charge in [-0.2, -0.15) is 5.21 Å². The molecule has 7 nitrogen and oxygen atoms in total. The van der Waals surface area contributed by atoms with Gasteiger partial charge >= 0.3 is 0 Å². The maximum absolute atomic E-state index is 14.4. The molecule has 160 valence electrons. The minimum absolute atomic E-state index is 0.0292. The van der Waals surface area contributed by atoms with Gasteiger partial charge in [0.15, 0.2) is 11.4 Å². The summed E-state index contributed by atoms with van der Waals surface area (Å²) in [6, 6.07) is 5.05. The lowest BCUT2D eigenvalue weighted by molar-refractivity contribution is -0.116. The van der Waals surface area contributed by atoms with Gasteiger partial charge in [-0.25, -0.2) is 17.6 Å². The minimum Gasteiger partial charge on any atom is -0.385 e. The second-order valence-corrected chi connectivity index (χ2v) is 6.64. The van der Waals surface area contributed by atoms with E-state index < -0.39 is 35.1 Å². The highest BCUT2D eigenvalue weighted by atomic mass is 19.3. The van der Waals surface area contributed by atoms with Crippen molar-refractivity contribution in [3.63, 3.8) is 0 Å². The fraction of sp³-hybridized carbons (Fsp3) is 0.368. The third kappa shape index (κ3) is 4.31. The van der Waals surface area contributed by atoms with E-state index in [1.54, 1.807) is 13.2 Å². The van der Waals surface area contributed by atoms with Gasteiger partial charge in [-0.3, -0.25) is 4.98 Å². The molecule has 0 aliphatic rings. The van der Waals surface area contributed by atoms with Crippen molar-refractivity contribution in [1.29, 1.82) is 0 Å². The van der Waals surface area contributed by atoms with Crippen molar-refractivity contribution >= 4 is 0 Å². The van der Waals surface area contributed by atoms with Gasteiger partial charge in [0.05, 0.1) is 5.69 Å². The van der Waals surface area contributed by atoms with E-state index in [1.165, 1.54) is 12.3 Å². The first kappa shape index (κ1) is 21.8. The van der Waals surface area contributed by atoms with Gasteiger partial charge in [-0.15, -0.1) is 10.2 Å². The topological polar surface area (TPSA) is 96.8 Å². The molecule has 0 aliphatic heterocycles. The van der Waals surface area contributed by atoms with Crippen molar-refractivity contribution < 1.29 is 27.4 Å². The normalized spacial score (nSPS) is 14.6. The average molecular weight is 425 g/mol. The first-order valence-corrected chi connectivity index (χ1v) is 9.01. The van der Waals surface area contributed by atoms with Crippen molar-refractivity contribution in [1.82, 2.24) is 25.6 Å². The van der Waals surface area contributed by atoms with Crippen LogP contribution in [0.1, 0.15) is 35.0 Å². The molecule has 0 fully saturated rings. The second kappa shape index (κ2) is 9.26. The number of tetrazole rings is 1. The average Bonchev–Trinajstić information content (AvgIpc) is 3.23. The maximum atomic E-state index is 14.4. The van der Waals surface area contributed by atoms with E-state index in [-0.39, 0.29) is 11.5 Å². The number of aryl methyl sites for hydroxylation is 1. The molecule has 0 radical (unpaired) electrons. The molecule has 0 spiro atoms. The Hall–Kier alpha value is -2.92. The Morgan fingerprint density at radius 2 is 2.00 bits per heavy atom. The molecule has 0 saturated carbocycles. The second-order valence-electron chi connectivity index (χ2n) is 6.64. The monoisotopic (exact) mass is 425 g/mol. The van der Waals surface area contributed by atoms with E-state index in [0.717, 1.165) is 24.1 Å². The van der Waals surface area contributed by atoms with Crippen molar-refractivity contribution in [2.24, 2.45) is 0 Å². The Morgan fingerprint density at radius 1 is 1.20 bits per heavy atom. The van der Waals surface area contributed by atoms with Crippen LogP contribution in [-0.2, 0) is 16.8 Å². The molecule has 3 rings (SSSR count). The highest BCUT2D eigenvalue weighted by Gasteiger charge is 2.52. The summed E-state index contributed by atoms with van der Waals surface area (Å²) in [5, 5.41) is 24.0. The van der Waals surface area contributed by atoms with Gasteiger partial charge < -0.3 is 9.84 Å². The molecule has 0 bridgehead atoms. The minimum atomic E-state index is -3.48. The summed E-state index contributed by atoms with van der Waals surface area (Å²) < 4.78 is 61.2. The SMILES string of the molecule is COCCCc1ccc(C(c2nn[nH]n2)C(O)(c2ccc(F)cc2F)C(F)F)nc1. The maximum Gasteiger partial charge on any atom is 0.272 e. The van der Waals surface area contributed by atoms with E-state index in [9.17, 15) is 22.7 Å². The lowest BCUT2D eigenvalue weighted by Gasteiger charge is -2.34. The number of rotatable bonds is 9. The van der Waals surface area contributed by atoms with Gasteiger partial charge in [0, 0.05) is 31.5 Å². The molecule has 30 heavy (non-hydrogen) atoms. The number of hydrogen-bond acceptors (Lipinski definition) is 6. The first-order chi connectivity index (χ1) is 14.4. The predicted octanol–water partition coefficient (Wildman–Crippen LogP) is 2.74. The van der Waals surface area contributed by atoms with E-state index in [4.69, 9.17) is 4.74 Å². The smallest absolute Gasteiger partial charge is 0.272 e. The number of aliphatic hydroxyl groups is 1. The summed E-state index contributed by atoms with van der Waals surface area (Å²) in [5.41, 5.74) is -3.15. The number of halogens is 4. The molecule has 11 heteroatoms. The lowest BCUT2D eigenvalue weighted by atomic mass is 9.78. The Balaban J connectivity index is 2.08. The number of H-pyrrole nitrogens is 1. The van der Waals surface area contributed by atoms with E-state index in [2.05, 4.69) is 25.6 Å². The van der Waals surface area contributed by atoms with Crippen LogP contribution in [-0.4, -0.2) is 50.9 Å². The van der Waals surface area contributed by atoms with E-state index >= 15 is 0 Å². The molecule has 0 amide bonds. The van der Waals surface area contributed by atoms with Crippen LogP contribution >= 0.6 is 0 Å². The Kier molecular flexibility index (Phi) is 6.73. The van der Waals surface area contributed by atoms with Gasteiger partial charge in [0.2, 0.25) is 0 Å². The zero-order chi connectivity index (χ0) is 21.7. The molecule has 0 aliphatic carbocycles. The highest BCUT2D eigenvalue weighted by molar-refractivity contribution is 5.35. The van der Waals surface area contributed by atoms with Crippen LogP contribution in [0.4, 0.5) is 17.6 Å². The fourth-order valence-electron chi connectivity index (χ4n) is 3.23. The van der Waals surface area contributed by atoms with Crippen molar-refractivity contribution in [2.75, 3.05) is 13.7 Å². The number of aromatic nitrogens is 5. The van der Waals surface area contributed by atoms with Crippen molar-refractivity contribution in [2.45, 2.75) is 30.8 Å². The quantitative estimate of drug-likeness (QED) is 0.404. The summed E-state index contributed by atoms with van der Waals surface area (Å²) >= 11 is 0. The largest absolute Gasteiger partial charge is 0.385 e. The van der Waals surface area contributed by atoms with Crippen molar-refractivity contribution in [3.8, 4) is 0 Å². The summed E-state index contributed by atoms with van der Waals surface area (Å²) in [7, 11) is 1.58. The van der Waals surface area contributed by atoms with Gasteiger partial charge in [0.25, 0.3) is 6.43 Å². The fourth-order valence-corrected chi connectivity index (χ4v) is 3.23. The number of hydrogen-bond donors (Lipinski definition) is 2. The number of nitrogens with one attached hydrogen (secondary N) is 1. The third-order valence-electron chi connectivity index (χ3n) is 4.71. The van der Waals surface area contributed by atoms with Crippen molar-refractivity contribution in [3.05, 3.63) is 70.8 Å². The molecule has 2 atom stereocenters. The van der Waals surface area contributed by atoms with E-state index in [1.807, 2.05) is 0 Å². The van der Waals surface area contributed by atoms with Gasteiger partial charge in [-0.05, 0) is 30.5 Å². The van der Waals surface area contributed by atoms with Gasteiger partial charge in [-0.1, -0.05) is 17.3 Å². The summed E-state index contributed by atoms with van der Waals surface area (Å²) in [6.07, 6.45) is -0.651. The highest BCUT2D eigenvalue weighted by Crippen LogP contribution is 2.44. The Bertz CT molecular complexity index is 956. The summed E-state index contributed by atoms with van der Waals surface area (Å²) in [4.78, 5) is 4.18. The molecule has 2 N–H and O–H groups in total. The number of pyridine rings is 1. The van der Waals surface area contributed by atoms with Crippen LogP contribution in [0.25, 0.3) is 0 Å². The van der Waals surface area contributed by atoms with Crippen LogP contribution in [0.5, 0.6) is 0 Å². The summed E-state index contributed by atoms with van der Waals surface area (Å²) in [6.45, 7) is 0.544. The molecular formula is C19H19F4N5O2. The number of alkyl halides is 2. The molecular weight excluding hydrogens is 406 g/mol. The standard InChI is InChI=1S/C19H19F4N5O2/c1-30-8-2-3-11-4-7-15(24-10-11)16(17-25-27-28-26-17)19(29,18(22)23)13-6-5-12(20)9-14(13)21/h4-7,9-10,16,18,29H,2-3,8H2,1H3,(H,25,26,27,28). The Morgan fingerprint density at radius 3 is 2.57 bits per heavy atom. The number of ether oxygens (including phenoxy) is 1. The molecule has 2 heterocycles. The van der Waals surface area contributed by atoms with Crippen LogP contribution in [0, 0.1) is 11.6 Å². The van der Waals surface area contributed by atoms with Crippen LogP contribution in [0.3, 0.4) is 0 Å². The predicted molar refractivity (Wildman–Crippen MR) is 96.7 cm³/mol. The zero-order valence-corrected chi connectivity index (χ0v) is 15.9. The molecule has 0 saturated heterocycles. The van der Waals surface area contributed by atoms with Crippen LogP contribution in [0.2, 0.25) is 0 Å². The lowest BCUT2D eigenvalue weighted by Crippen LogP contribution is -2.43. The molecule has 1 aromatic carbocycles. The number of methoxy groups -OCH3 is 1. The first-order valence-electron chi connectivity index (χ1n) is 9.01. The van der Waals surface area contributed by atoms with Gasteiger partial charge in [0.1, 0.15) is 17.6 Å².